The molecule has 0 aromatic heterocycles. The van der Waals surface area contributed by atoms with Gasteiger partial charge in [-0.3, -0.25) is 4.79 Å². The van der Waals surface area contributed by atoms with Gasteiger partial charge in [-0.05, 0) is 25.5 Å². The molecular formula is C14H19N3OS. The zero-order chi connectivity index (χ0) is 14.0. The molecule has 5 heteroatoms. The number of nitrogens with one attached hydrogen (secondary N) is 1. The number of piperidine rings is 1. The lowest BCUT2D eigenvalue weighted by Gasteiger charge is -2.31. The van der Waals surface area contributed by atoms with Gasteiger partial charge in [-0.25, -0.2) is 0 Å². The second kappa shape index (κ2) is 5.57. The van der Waals surface area contributed by atoms with Crippen LogP contribution in [0.3, 0.4) is 0 Å². The van der Waals surface area contributed by atoms with Crippen molar-refractivity contribution in [2.75, 3.05) is 18.9 Å². The van der Waals surface area contributed by atoms with Crippen molar-refractivity contribution in [3.8, 4) is 0 Å². The third-order valence-corrected chi connectivity index (χ3v) is 3.65. The first-order valence-electron chi connectivity index (χ1n) is 6.38. The molecular weight excluding hydrogens is 258 g/mol. The van der Waals surface area contributed by atoms with Crippen LogP contribution in [0.15, 0.2) is 18.2 Å². The molecule has 3 N–H and O–H groups in total. The summed E-state index contributed by atoms with van der Waals surface area (Å²) in [4.78, 5) is 13.6. The van der Waals surface area contributed by atoms with Crippen molar-refractivity contribution in [2.45, 2.75) is 25.8 Å². The van der Waals surface area contributed by atoms with E-state index in [4.69, 9.17) is 18.0 Å². The summed E-state index contributed by atoms with van der Waals surface area (Å²) >= 11 is 5.09. The average molecular weight is 277 g/mol. The highest BCUT2D eigenvalue weighted by atomic mass is 32.1. The minimum atomic E-state index is 0.205. The smallest absolute Gasteiger partial charge is 0.222 e. The normalized spacial score (nSPS) is 19.4. The van der Waals surface area contributed by atoms with Crippen LogP contribution in [0.4, 0.5) is 5.69 Å². The standard InChI is InChI=1S/C14H19N3OS/c1-9-3-5-12(11(7-9)14(15)19)16-10-4-6-13(18)17(2)8-10/h3,5,7,10,16H,4,6,8H2,1-2H3,(H2,15,19). The van der Waals surface area contributed by atoms with Crippen LogP contribution in [-0.2, 0) is 4.79 Å². The maximum absolute atomic E-state index is 11.5. The summed E-state index contributed by atoms with van der Waals surface area (Å²) < 4.78 is 0. The summed E-state index contributed by atoms with van der Waals surface area (Å²) in [6.07, 6.45) is 1.43. The average Bonchev–Trinajstić information content (AvgIpc) is 2.36. The molecule has 1 atom stereocenters. The Labute approximate surface area is 119 Å². The van der Waals surface area contributed by atoms with Crippen LogP contribution < -0.4 is 11.1 Å². The maximum Gasteiger partial charge on any atom is 0.222 e. The van der Waals surface area contributed by atoms with Crippen molar-refractivity contribution in [1.29, 1.82) is 0 Å². The Morgan fingerprint density at radius 3 is 2.89 bits per heavy atom. The zero-order valence-corrected chi connectivity index (χ0v) is 12.1. The molecule has 1 amide bonds. The number of benzene rings is 1. The summed E-state index contributed by atoms with van der Waals surface area (Å²) in [5.41, 5.74) is 8.71. The highest BCUT2D eigenvalue weighted by molar-refractivity contribution is 7.80. The quantitative estimate of drug-likeness (QED) is 0.825. The molecule has 1 heterocycles. The van der Waals surface area contributed by atoms with Crippen LogP contribution in [0, 0.1) is 6.92 Å². The molecule has 1 aromatic carbocycles. The predicted molar refractivity (Wildman–Crippen MR) is 81.3 cm³/mol. The molecule has 19 heavy (non-hydrogen) atoms. The number of nitrogens with two attached hydrogens (primary N) is 1. The number of anilines is 1. The van der Waals surface area contributed by atoms with Gasteiger partial charge in [-0.15, -0.1) is 0 Å². The number of aryl methyl sites for hydroxylation is 1. The predicted octanol–water partition coefficient (Wildman–Crippen LogP) is 1.66. The van der Waals surface area contributed by atoms with E-state index in [-0.39, 0.29) is 11.9 Å². The highest BCUT2D eigenvalue weighted by Gasteiger charge is 2.23. The Hall–Kier alpha value is -1.62. The number of rotatable bonds is 3. The Kier molecular flexibility index (Phi) is 4.04. The number of carbonyl (C=O) groups is 1. The van der Waals surface area contributed by atoms with E-state index in [1.165, 1.54) is 0 Å². The van der Waals surface area contributed by atoms with E-state index >= 15 is 0 Å². The lowest BCUT2D eigenvalue weighted by Crippen LogP contribution is -2.43. The summed E-state index contributed by atoms with van der Waals surface area (Å²) in [5, 5.41) is 3.45. The van der Waals surface area contributed by atoms with Crippen LogP contribution >= 0.6 is 12.2 Å². The van der Waals surface area contributed by atoms with Gasteiger partial charge in [0.2, 0.25) is 5.91 Å². The van der Waals surface area contributed by atoms with Gasteiger partial charge in [0.1, 0.15) is 4.99 Å². The SMILES string of the molecule is Cc1ccc(NC2CCC(=O)N(C)C2)c(C(N)=S)c1. The van der Waals surface area contributed by atoms with Crippen LogP contribution in [0.25, 0.3) is 0 Å². The number of likely N-dealkylation sites (tertiary alicyclic amines) is 1. The van der Waals surface area contributed by atoms with Gasteiger partial charge >= 0.3 is 0 Å². The number of hydrogen-bond acceptors (Lipinski definition) is 3. The number of hydrogen-bond donors (Lipinski definition) is 2. The zero-order valence-electron chi connectivity index (χ0n) is 11.3. The van der Waals surface area contributed by atoms with Crippen LogP contribution in [0.5, 0.6) is 0 Å². The molecule has 1 aliphatic rings. The molecule has 1 aromatic rings. The molecule has 1 saturated heterocycles. The molecule has 0 spiro atoms. The molecule has 2 rings (SSSR count). The summed E-state index contributed by atoms with van der Waals surface area (Å²) in [6.45, 7) is 2.72. The Bertz CT molecular complexity index is 515. The van der Waals surface area contributed by atoms with Crippen LogP contribution in [0.2, 0.25) is 0 Å². The summed E-state index contributed by atoms with van der Waals surface area (Å²) in [6, 6.07) is 6.27. The molecule has 102 valence electrons. The fraction of sp³-hybridized carbons (Fsp3) is 0.429. The second-order valence-corrected chi connectivity index (χ2v) is 5.51. The molecule has 1 fully saturated rings. The number of likely N-dealkylation sites (N-methyl/N-ethyl adjacent to an activating group) is 1. The molecule has 1 aliphatic heterocycles. The minimum absolute atomic E-state index is 0.205. The number of amides is 1. The molecule has 0 radical (unpaired) electrons. The fourth-order valence-corrected chi connectivity index (χ4v) is 2.51. The lowest BCUT2D eigenvalue weighted by molar-refractivity contribution is -0.132. The minimum Gasteiger partial charge on any atom is -0.389 e. The van der Waals surface area contributed by atoms with Gasteiger partial charge in [-0.2, -0.15) is 0 Å². The molecule has 0 aliphatic carbocycles. The molecule has 0 saturated carbocycles. The third kappa shape index (κ3) is 3.23. The first-order chi connectivity index (χ1) is 8.97. The van der Waals surface area contributed by atoms with E-state index in [0.29, 0.717) is 18.0 Å². The number of carbonyl (C=O) groups excluding carboxylic acids is 1. The van der Waals surface area contributed by atoms with Crippen molar-refractivity contribution in [3.05, 3.63) is 29.3 Å². The highest BCUT2D eigenvalue weighted by Crippen LogP contribution is 2.21. The number of thiocarbonyl (C=S) groups is 1. The van der Waals surface area contributed by atoms with Crippen molar-refractivity contribution >= 4 is 28.8 Å². The van der Waals surface area contributed by atoms with Crippen molar-refractivity contribution < 1.29 is 4.79 Å². The van der Waals surface area contributed by atoms with E-state index < -0.39 is 0 Å². The van der Waals surface area contributed by atoms with E-state index in [1.54, 1.807) is 4.90 Å². The monoisotopic (exact) mass is 277 g/mol. The van der Waals surface area contributed by atoms with Crippen LogP contribution in [0.1, 0.15) is 24.0 Å². The largest absolute Gasteiger partial charge is 0.389 e. The van der Waals surface area contributed by atoms with Gasteiger partial charge in [0.25, 0.3) is 0 Å². The van der Waals surface area contributed by atoms with Gasteiger partial charge in [0, 0.05) is 37.3 Å². The Morgan fingerprint density at radius 2 is 2.26 bits per heavy atom. The molecule has 4 nitrogen and oxygen atoms in total. The topological polar surface area (TPSA) is 58.4 Å². The maximum atomic E-state index is 11.5. The second-order valence-electron chi connectivity index (χ2n) is 5.07. The fourth-order valence-electron chi connectivity index (χ4n) is 2.34. The Balaban J connectivity index is 2.15. The first-order valence-corrected chi connectivity index (χ1v) is 6.79. The number of nitrogens with zero attached hydrogens (tertiary/aromatic N) is 1. The first kappa shape index (κ1) is 13.8. The summed E-state index contributed by atoms with van der Waals surface area (Å²) in [5.74, 6) is 0.205. The van der Waals surface area contributed by atoms with Crippen LogP contribution in [-0.4, -0.2) is 35.4 Å². The van der Waals surface area contributed by atoms with E-state index in [1.807, 2.05) is 32.2 Å². The van der Waals surface area contributed by atoms with Crippen molar-refractivity contribution in [3.63, 3.8) is 0 Å². The molecule has 0 bridgehead atoms. The van der Waals surface area contributed by atoms with Crippen molar-refractivity contribution in [1.82, 2.24) is 4.90 Å². The van der Waals surface area contributed by atoms with E-state index in [2.05, 4.69) is 5.32 Å². The van der Waals surface area contributed by atoms with Gasteiger partial charge in [-0.1, -0.05) is 23.8 Å². The van der Waals surface area contributed by atoms with E-state index in [0.717, 1.165) is 23.2 Å². The van der Waals surface area contributed by atoms with Gasteiger partial charge < -0.3 is 16.0 Å². The molecule has 1 unspecified atom stereocenters. The van der Waals surface area contributed by atoms with Gasteiger partial charge in [0.15, 0.2) is 0 Å². The van der Waals surface area contributed by atoms with E-state index in [9.17, 15) is 4.79 Å². The Morgan fingerprint density at radius 1 is 1.53 bits per heavy atom. The third-order valence-electron chi connectivity index (χ3n) is 3.43. The summed E-state index contributed by atoms with van der Waals surface area (Å²) in [7, 11) is 1.83. The lowest BCUT2D eigenvalue weighted by atomic mass is 10.0. The van der Waals surface area contributed by atoms with Crippen molar-refractivity contribution in [2.24, 2.45) is 5.73 Å². The van der Waals surface area contributed by atoms with Gasteiger partial charge in [0.05, 0.1) is 0 Å².